The van der Waals surface area contributed by atoms with Gasteiger partial charge in [0.1, 0.15) is 0 Å². The molecule has 1 N–H and O–H groups in total. The zero-order valence-electron chi connectivity index (χ0n) is 15.4. The van der Waals surface area contributed by atoms with Gasteiger partial charge in [-0.1, -0.05) is 29.8 Å². The van der Waals surface area contributed by atoms with E-state index in [0.29, 0.717) is 29.5 Å². The van der Waals surface area contributed by atoms with Crippen molar-refractivity contribution in [1.82, 2.24) is 10.2 Å². The zero-order valence-corrected chi connectivity index (χ0v) is 17.0. The summed E-state index contributed by atoms with van der Waals surface area (Å²) in [6.45, 7) is 2.18. The minimum atomic E-state index is -0.0184. The van der Waals surface area contributed by atoms with Crippen molar-refractivity contribution in [2.75, 3.05) is 33.9 Å². The van der Waals surface area contributed by atoms with Gasteiger partial charge in [-0.05, 0) is 35.4 Å². The molecule has 5 nitrogen and oxygen atoms in total. The molecule has 1 aliphatic rings. The molecular weight excluding hydrogens is 387 g/mol. The van der Waals surface area contributed by atoms with Gasteiger partial charge in [0, 0.05) is 24.7 Å². The van der Waals surface area contributed by atoms with E-state index in [9.17, 15) is 4.79 Å². The predicted molar refractivity (Wildman–Crippen MR) is 109 cm³/mol. The number of halogens is 2. The summed E-state index contributed by atoms with van der Waals surface area (Å²) >= 11 is 6.13. The average Bonchev–Trinajstić information content (AvgIpc) is 2.67. The van der Waals surface area contributed by atoms with E-state index in [1.54, 1.807) is 14.2 Å². The van der Waals surface area contributed by atoms with Gasteiger partial charge in [0.2, 0.25) is 5.91 Å². The molecule has 1 heterocycles. The van der Waals surface area contributed by atoms with Crippen molar-refractivity contribution >= 4 is 29.9 Å². The summed E-state index contributed by atoms with van der Waals surface area (Å²) in [5.41, 5.74) is 1.95. The molecule has 0 saturated carbocycles. The predicted octanol–water partition coefficient (Wildman–Crippen LogP) is 3.49. The summed E-state index contributed by atoms with van der Waals surface area (Å²) in [6.07, 6.45) is 0.317. The lowest BCUT2D eigenvalue weighted by Gasteiger charge is -2.36. The highest BCUT2D eigenvalue weighted by Crippen LogP contribution is 2.29. The molecule has 0 spiro atoms. The van der Waals surface area contributed by atoms with Crippen molar-refractivity contribution in [2.24, 2.45) is 0 Å². The largest absolute Gasteiger partial charge is 0.493 e. The number of nitrogens with zero attached hydrogens (tertiary/aromatic N) is 1. The van der Waals surface area contributed by atoms with E-state index in [1.807, 2.05) is 47.4 Å². The summed E-state index contributed by atoms with van der Waals surface area (Å²) in [6, 6.07) is 13.3. The van der Waals surface area contributed by atoms with Gasteiger partial charge >= 0.3 is 0 Å². The standard InChI is InChI=1S/C20H23ClN2O3.ClH/c1-25-18-7-6-14(10-19(18)26-2)11-20(24)23-9-8-22-13-17(23)15-4-3-5-16(21)12-15;/h3-7,10,12,17,22H,8-9,11,13H2,1-2H3;1H. The number of hydrogen-bond donors (Lipinski definition) is 1. The lowest BCUT2D eigenvalue weighted by Crippen LogP contribution is -2.49. The first-order valence-corrected chi connectivity index (χ1v) is 8.96. The number of rotatable bonds is 5. The van der Waals surface area contributed by atoms with Gasteiger partial charge in [-0.2, -0.15) is 0 Å². The van der Waals surface area contributed by atoms with Gasteiger partial charge in [-0.15, -0.1) is 12.4 Å². The van der Waals surface area contributed by atoms with Gasteiger partial charge in [0.15, 0.2) is 11.5 Å². The van der Waals surface area contributed by atoms with Crippen LogP contribution in [0.25, 0.3) is 0 Å². The van der Waals surface area contributed by atoms with Gasteiger partial charge < -0.3 is 19.7 Å². The van der Waals surface area contributed by atoms with E-state index in [0.717, 1.165) is 24.2 Å². The van der Waals surface area contributed by atoms with Crippen molar-refractivity contribution in [3.05, 3.63) is 58.6 Å². The number of hydrogen-bond acceptors (Lipinski definition) is 4. The van der Waals surface area contributed by atoms with E-state index < -0.39 is 0 Å². The fourth-order valence-corrected chi connectivity index (χ4v) is 3.48. The minimum absolute atomic E-state index is 0. The molecule has 7 heteroatoms. The normalized spacial score (nSPS) is 16.4. The zero-order chi connectivity index (χ0) is 18.5. The molecule has 0 radical (unpaired) electrons. The number of piperazine rings is 1. The number of nitrogens with one attached hydrogen (secondary N) is 1. The van der Waals surface area contributed by atoms with Crippen LogP contribution in [0.2, 0.25) is 5.02 Å². The molecule has 1 atom stereocenters. The van der Waals surface area contributed by atoms with Crippen LogP contribution in [0.15, 0.2) is 42.5 Å². The Hall–Kier alpha value is -1.95. The van der Waals surface area contributed by atoms with Crippen LogP contribution in [0.5, 0.6) is 11.5 Å². The van der Waals surface area contributed by atoms with Gasteiger partial charge in [0.05, 0.1) is 26.7 Å². The highest BCUT2D eigenvalue weighted by atomic mass is 35.5. The van der Waals surface area contributed by atoms with Crippen LogP contribution in [-0.4, -0.2) is 44.7 Å². The molecule has 2 aromatic rings. The fraction of sp³-hybridized carbons (Fsp3) is 0.350. The molecule has 1 aliphatic heterocycles. The molecule has 1 fully saturated rings. The quantitative estimate of drug-likeness (QED) is 0.819. The SMILES string of the molecule is COc1ccc(CC(=O)N2CCNCC2c2cccc(Cl)c2)cc1OC.Cl. The Labute approximate surface area is 171 Å². The Balaban J connectivity index is 0.00000261. The Kier molecular flexibility index (Phi) is 7.78. The number of methoxy groups -OCH3 is 2. The smallest absolute Gasteiger partial charge is 0.227 e. The van der Waals surface area contributed by atoms with Crippen LogP contribution in [0.4, 0.5) is 0 Å². The Bertz CT molecular complexity index is 786. The minimum Gasteiger partial charge on any atom is -0.493 e. The van der Waals surface area contributed by atoms with E-state index in [4.69, 9.17) is 21.1 Å². The van der Waals surface area contributed by atoms with Crippen molar-refractivity contribution in [2.45, 2.75) is 12.5 Å². The maximum absolute atomic E-state index is 13.0. The van der Waals surface area contributed by atoms with E-state index in [2.05, 4.69) is 5.32 Å². The first-order chi connectivity index (χ1) is 12.6. The molecule has 1 amide bonds. The second kappa shape index (κ2) is 9.83. The number of amides is 1. The molecule has 146 valence electrons. The molecule has 0 aliphatic carbocycles. The highest BCUT2D eigenvalue weighted by molar-refractivity contribution is 6.30. The fourth-order valence-electron chi connectivity index (χ4n) is 3.28. The van der Waals surface area contributed by atoms with E-state index in [-0.39, 0.29) is 24.4 Å². The number of ether oxygens (including phenoxy) is 2. The summed E-state index contributed by atoms with van der Waals surface area (Å²) < 4.78 is 10.6. The number of benzene rings is 2. The molecule has 0 bridgehead atoms. The second-order valence-corrected chi connectivity index (χ2v) is 6.66. The van der Waals surface area contributed by atoms with Crippen LogP contribution < -0.4 is 14.8 Å². The van der Waals surface area contributed by atoms with Gasteiger partial charge in [-0.25, -0.2) is 0 Å². The Morgan fingerprint density at radius 1 is 1.19 bits per heavy atom. The third-order valence-corrected chi connectivity index (χ3v) is 4.84. The van der Waals surface area contributed by atoms with Crippen LogP contribution in [0, 0.1) is 0 Å². The van der Waals surface area contributed by atoms with Gasteiger partial charge in [0.25, 0.3) is 0 Å². The molecule has 3 rings (SSSR count). The van der Waals surface area contributed by atoms with Crippen LogP contribution in [0.3, 0.4) is 0 Å². The highest BCUT2D eigenvalue weighted by Gasteiger charge is 2.28. The second-order valence-electron chi connectivity index (χ2n) is 6.23. The average molecular weight is 411 g/mol. The molecule has 27 heavy (non-hydrogen) atoms. The first-order valence-electron chi connectivity index (χ1n) is 8.59. The summed E-state index contributed by atoms with van der Waals surface area (Å²) in [5.74, 6) is 1.37. The van der Waals surface area contributed by atoms with Crippen LogP contribution in [0.1, 0.15) is 17.2 Å². The Morgan fingerprint density at radius 2 is 1.96 bits per heavy atom. The monoisotopic (exact) mass is 410 g/mol. The molecule has 2 aromatic carbocycles. The van der Waals surface area contributed by atoms with Crippen LogP contribution >= 0.6 is 24.0 Å². The van der Waals surface area contributed by atoms with Gasteiger partial charge in [-0.3, -0.25) is 4.79 Å². The summed E-state index contributed by atoms with van der Waals surface area (Å²) in [7, 11) is 3.19. The molecule has 0 aromatic heterocycles. The lowest BCUT2D eigenvalue weighted by molar-refractivity contribution is -0.133. The molecule has 1 unspecified atom stereocenters. The maximum atomic E-state index is 13.0. The lowest BCUT2D eigenvalue weighted by atomic mass is 10.0. The molecular formula is C20H24Cl2N2O3. The number of carbonyl (C=O) groups is 1. The third kappa shape index (κ3) is 5.06. The van der Waals surface area contributed by atoms with Crippen molar-refractivity contribution in [1.29, 1.82) is 0 Å². The number of carbonyl (C=O) groups excluding carboxylic acids is 1. The first kappa shape index (κ1) is 21.4. The van der Waals surface area contributed by atoms with Crippen molar-refractivity contribution in [3.8, 4) is 11.5 Å². The van der Waals surface area contributed by atoms with Crippen molar-refractivity contribution in [3.63, 3.8) is 0 Å². The van der Waals surface area contributed by atoms with E-state index in [1.165, 1.54) is 0 Å². The third-order valence-electron chi connectivity index (χ3n) is 4.60. The summed E-state index contributed by atoms with van der Waals surface area (Å²) in [5, 5.41) is 4.04. The topological polar surface area (TPSA) is 50.8 Å². The summed E-state index contributed by atoms with van der Waals surface area (Å²) in [4.78, 5) is 14.9. The van der Waals surface area contributed by atoms with Crippen molar-refractivity contribution < 1.29 is 14.3 Å². The van der Waals surface area contributed by atoms with E-state index >= 15 is 0 Å². The van der Waals surface area contributed by atoms with Crippen LogP contribution in [-0.2, 0) is 11.2 Å². The Morgan fingerprint density at radius 3 is 2.67 bits per heavy atom. The molecule has 1 saturated heterocycles. The maximum Gasteiger partial charge on any atom is 0.227 e.